The Kier molecular flexibility index (Phi) is 4.18. The molecule has 4 rings (SSSR count). The van der Waals surface area contributed by atoms with Gasteiger partial charge in [-0.1, -0.05) is 36.4 Å². The van der Waals surface area contributed by atoms with Crippen LogP contribution < -0.4 is 5.32 Å². The van der Waals surface area contributed by atoms with Crippen molar-refractivity contribution in [1.82, 2.24) is 4.98 Å². The van der Waals surface area contributed by atoms with Crippen LogP contribution in [-0.4, -0.2) is 10.9 Å². The number of nitrogens with one attached hydrogen (secondary N) is 1. The Morgan fingerprint density at radius 2 is 1.77 bits per heavy atom. The minimum absolute atomic E-state index is 0.321. The van der Waals surface area contributed by atoms with Crippen molar-refractivity contribution in [2.45, 2.75) is 0 Å². The van der Waals surface area contributed by atoms with Gasteiger partial charge in [-0.25, -0.2) is 13.8 Å². The van der Waals surface area contributed by atoms with E-state index in [1.54, 1.807) is 0 Å². The van der Waals surface area contributed by atoms with E-state index in [0.29, 0.717) is 10.8 Å². The van der Waals surface area contributed by atoms with E-state index >= 15 is 0 Å². The van der Waals surface area contributed by atoms with Crippen molar-refractivity contribution in [3.8, 4) is 11.3 Å². The molecule has 0 fully saturated rings. The first kappa shape index (κ1) is 16.4. The van der Waals surface area contributed by atoms with Crippen molar-refractivity contribution in [3.05, 3.63) is 83.2 Å². The zero-order valence-electron chi connectivity index (χ0n) is 13.4. The number of fused-ring (bicyclic) bond motifs is 1. The van der Waals surface area contributed by atoms with E-state index in [1.165, 1.54) is 11.3 Å². The number of carbonyl (C=O) groups is 1. The standard InChI is InChI=1S/C20H12F2N2OS/c21-15-7-8-17(22)16(10-15)19(25)24-20-23-18(11-26-20)14-6-5-12-3-1-2-4-13(12)9-14/h1-11H,(H,23,24,25). The number of hydrogen-bond acceptors (Lipinski definition) is 3. The average Bonchev–Trinajstić information content (AvgIpc) is 3.11. The van der Waals surface area contributed by atoms with Gasteiger partial charge < -0.3 is 0 Å². The van der Waals surface area contributed by atoms with Gasteiger partial charge in [0.25, 0.3) is 5.91 Å². The fourth-order valence-corrected chi connectivity index (χ4v) is 3.36. The highest BCUT2D eigenvalue weighted by atomic mass is 32.1. The van der Waals surface area contributed by atoms with E-state index in [2.05, 4.69) is 10.3 Å². The predicted molar refractivity (Wildman–Crippen MR) is 99.4 cm³/mol. The van der Waals surface area contributed by atoms with Crippen molar-refractivity contribution in [3.63, 3.8) is 0 Å². The fourth-order valence-electron chi connectivity index (χ4n) is 2.65. The minimum atomic E-state index is -0.782. The molecule has 1 N–H and O–H groups in total. The summed E-state index contributed by atoms with van der Waals surface area (Å²) >= 11 is 1.22. The number of amides is 1. The molecule has 0 unspecified atom stereocenters. The Hall–Kier alpha value is -3.12. The van der Waals surface area contributed by atoms with Crippen molar-refractivity contribution in [2.75, 3.05) is 5.32 Å². The number of hydrogen-bond donors (Lipinski definition) is 1. The van der Waals surface area contributed by atoms with E-state index < -0.39 is 17.5 Å². The third kappa shape index (κ3) is 3.19. The summed E-state index contributed by atoms with van der Waals surface area (Å²) in [6.45, 7) is 0. The maximum atomic E-state index is 13.7. The Bertz CT molecular complexity index is 1120. The number of thiazole rings is 1. The summed E-state index contributed by atoms with van der Waals surface area (Å²) in [7, 11) is 0. The van der Waals surface area contributed by atoms with Gasteiger partial charge in [-0.15, -0.1) is 11.3 Å². The molecule has 1 heterocycles. The van der Waals surface area contributed by atoms with Crippen molar-refractivity contribution < 1.29 is 13.6 Å². The average molecular weight is 366 g/mol. The third-order valence-electron chi connectivity index (χ3n) is 3.94. The highest BCUT2D eigenvalue weighted by Gasteiger charge is 2.15. The van der Waals surface area contributed by atoms with Crippen LogP contribution >= 0.6 is 11.3 Å². The summed E-state index contributed by atoms with van der Waals surface area (Å²) in [5.41, 5.74) is 1.26. The van der Waals surface area contributed by atoms with Gasteiger partial charge in [0.05, 0.1) is 11.3 Å². The van der Waals surface area contributed by atoms with Gasteiger partial charge in [-0.3, -0.25) is 10.1 Å². The number of benzene rings is 3. The van der Waals surface area contributed by atoms with Crippen LogP contribution in [0.1, 0.15) is 10.4 Å². The molecule has 0 aliphatic rings. The number of halogens is 2. The molecule has 3 aromatic carbocycles. The molecule has 26 heavy (non-hydrogen) atoms. The summed E-state index contributed by atoms with van der Waals surface area (Å²) in [5.74, 6) is -2.19. The van der Waals surface area contributed by atoms with E-state index in [4.69, 9.17) is 0 Å². The van der Waals surface area contributed by atoms with Crippen LogP contribution in [0.3, 0.4) is 0 Å². The molecule has 1 aromatic heterocycles. The summed E-state index contributed by atoms with van der Waals surface area (Å²) in [4.78, 5) is 16.5. The van der Waals surface area contributed by atoms with Crippen molar-refractivity contribution >= 4 is 33.1 Å². The van der Waals surface area contributed by atoms with Gasteiger partial charge >= 0.3 is 0 Å². The molecular formula is C20H12F2N2OS. The Morgan fingerprint density at radius 1 is 0.962 bits per heavy atom. The lowest BCUT2D eigenvalue weighted by Crippen LogP contribution is -2.13. The first-order valence-electron chi connectivity index (χ1n) is 7.81. The molecule has 0 radical (unpaired) electrons. The Morgan fingerprint density at radius 3 is 2.62 bits per heavy atom. The molecule has 4 aromatic rings. The van der Waals surface area contributed by atoms with Gasteiger partial charge in [-0.05, 0) is 35.0 Å². The molecule has 0 bridgehead atoms. The minimum Gasteiger partial charge on any atom is -0.298 e. The van der Waals surface area contributed by atoms with Crippen LogP contribution in [0.4, 0.5) is 13.9 Å². The predicted octanol–water partition coefficient (Wildman–Crippen LogP) is 5.49. The molecule has 128 valence electrons. The quantitative estimate of drug-likeness (QED) is 0.521. The molecule has 0 atom stereocenters. The van der Waals surface area contributed by atoms with Crippen molar-refractivity contribution in [1.29, 1.82) is 0 Å². The normalized spacial score (nSPS) is 10.8. The summed E-state index contributed by atoms with van der Waals surface area (Å²) in [6, 6.07) is 16.7. The lowest BCUT2D eigenvalue weighted by atomic mass is 10.1. The molecule has 0 saturated carbocycles. The van der Waals surface area contributed by atoms with Gasteiger partial charge in [-0.2, -0.15) is 0 Å². The number of rotatable bonds is 3. The zero-order chi connectivity index (χ0) is 18.1. The summed E-state index contributed by atoms with van der Waals surface area (Å²) in [6.07, 6.45) is 0. The highest BCUT2D eigenvalue weighted by Crippen LogP contribution is 2.28. The second kappa shape index (κ2) is 6.65. The van der Waals surface area contributed by atoms with Crippen LogP contribution in [0.5, 0.6) is 0 Å². The maximum absolute atomic E-state index is 13.7. The fraction of sp³-hybridized carbons (Fsp3) is 0. The second-order valence-corrected chi connectivity index (χ2v) is 6.54. The Balaban J connectivity index is 1.59. The molecule has 0 spiro atoms. The van der Waals surface area contributed by atoms with Crippen LogP contribution in [0.25, 0.3) is 22.0 Å². The van der Waals surface area contributed by atoms with Gasteiger partial charge in [0, 0.05) is 10.9 Å². The maximum Gasteiger partial charge on any atom is 0.260 e. The zero-order valence-corrected chi connectivity index (χ0v) is 14.2. The third-order valence-corrected chi connectivity index (χ3v) is 4.70. The molecule has 1 amide bonds. The van der Waals surface area contributed by atoms with Crippen LogP contribution in [0, 0.1) is 11.6 Å². The van der Waals surface area contributed by atoms with Crippen LogP contribution in [-0.2, 0) is 0 Å². The largest absolute Gasteiger partial charge is 0.298 e. The smallest absolute Gasteiger partial charge is 0.260 e. The number of carbonyl (C=O) groups excluding carboxylic acids is 1. The Labute approximate surface area is 151 Å². The lowest BCUT2D eigenvalue weighted by Gasteiger charge is -2.03. The highest BCUT2D eigenvalue weighted by molar-refractivity contribution is 7.14. The molecule has 0 aliphatic heterocycles. The van der Waals surface area contributed by atoms with Gasteiger partial charge in [0.15, 0.2) is 5.13 Å². The van der Waals surface area contributed by atoms with Gasteiger partial charge in [0.1, 0.15) is 11.6 Å². The molecule has 0 aliphatic carbocycles. The van der Waals surface area contributed by atoms with E-state index in [1.807, 2.05) is 47.8 Å². The topological polar surface area (TPSA) is 42.0 Å². The van der Waals surface area contributed by atoms with E-state index in [-0.39, 0.29) is 5.56 Å². The molecule has 0 saturated heterocycles. The first-order valence-corrected chi connectivity index (χ1v) is 8.69. The number of nitrogens with zero attached hydrogens (tertiary/aromatic N) is 1. The van der Waals surface area contributed by atoms with Crippen molar-refractivity contribution in [2.24, 2.45) is 0 Å². The van der Waals surface area contributed by atoms with Crippen LogP contribution in [0.2, 0.25) is 0 Å². The molecule has 6 heteroatoms. The SMILES string of the molecule is O=C(Nc1nc(-c2ccc3ccccc3c2)cs1)c1cc(F)ccc1F. The summed E-state index contributed by atoms with van der Waals surface area (Å²) in [5, 5.41) is 6.86. The second-order valence-electron chi connectivity index (χ2n) is 5.68. The van der Waals surface area contributed by atoms with E-state index in [9.17, 15) is 13.6 Å². The van der Waals surface area contributed by atoms with E-state index in [0.717, 1.165) is 34.5 Å². The molecular weight excluding hydrogens is 354 g/mol. The van der Waals surface area contributed by atoms with Gasteiger partial charge in [0.2, 0.25) is 0 Å². The molecule has 3 nitrogen and oxygen atoms in total. The monoisotopic (exact) mass is 366 g/mol. The summed E-state index contributed by atoms with van der Waals surface area (Å²) < 4.78 is 26.9. The van der Waals surface area contributed by atoms with Crippen LogP contribution in [0.15, 0.2) is 66.0 Å². The number of anilines is 1. The lowest BCUT2D eigenvalue weighted by molar-refractivity contribution is 0.102. The number of aromatic nitrogens is 1. The first-order chi connectivity index (χ1) is 12.6.